The van der Waals surface area contributed by atoms with Crippen LogP contribution in [0.2, 0.25) is 0 Å². The molecular formula is C22H26O2P+. The molecule has 0 unspecified atom stereocenters. The van der Waals surface area contributed by atoms with Crippen molar-refractivity contribution in [1.29, 1.82) is 0 Å². The van der Waals surface area contributed by atoms with E-state index in [9.17, 15) is 0 Å². The zero-order chi connectivity index (χ0) is 17.9. The molecular weight excluding hydrogens is 327 g/mol. The van der Waals surface area contributed by atoms with E-state index in [0.29, 0.717) is 0 Å². The van der Waals surface area contributed by atoms with Crippen LogP contribution in [0.4, 0.5) is 0 Å². The molecule has 130 valence electrons. The van der Waals surface area contributed by atoms with Crippen LogP contribution >= 0.6 is 7.26 Å². The zero-order valence-corrected chi connectivity index (χ0v) is 16.3. The fourth-order valence-corrected chi connectivity index (χ4v) is 7.34. The number of ether oxygens (including phenoxy) is 2. The highest BCUT2D eigenvalue weighted by atomic mass is 31.2. The number of methoxy groups -OCH3 is 2. The lowest BCUT2D eigenvalue weighted by molar-refractivity contribution is 0.415. The standard InChI is InChI=1S/C22H26O2P/c1-17-7-5-6-8-22(17)25(4,20-13-9-18(23-2)10-14-20)21-15-11-19(24-3)12-16-21/h5,7,9-16H,6,8H2,1-4H3/q+1. The predicted octanol–water partition coefficient (Wildman–Crippen LogP) is 4.93. The van der Waals surface area contributed by atoms with Gasteiger partial charge in [0.1, 0.15) is 29.4 Å². The molecule has 0 aromatic heterocycles. The van der Waals surface area contributed by atoms with Gasteiger partial charge in [0, 0.05) is 6.42 Å². The van der Waals surface area contributed by atoms with Crippen LogP contribution in [0.3, 0.4) is 0 Å². The second-order valence-corrected chi connectivity index (χ2v) is 10.1. The van der Waals surface area contributed by atoms with Crippen LogP contribution in [-0.2, 0) is 0 Å². The summed E-state index contributed by atoms with van der Waals surface area (Å²) in [7, 11) is 1.78. The highest BCUT2D eigenvalue weighted by molar-refractivity contribution is 7.92. The minimum absolute atomic E-state index is 0.902. The maximum absolute atomic E-state index is 5.36. The topological polar surface area (TPSA) is 18.5 Å². The average Bonchev–Trinajstić information content (AvgIpc) is 2.68. The van der Waals surface area contributed by atoms with Gasteiger partial charge in [-0.05, 0) is 67.4 Å². The summed E-state index contributed by atoms with van der Waals surface area (Å²) in [5.41, 5.74) is 1.41. The minimum atomic E-state index is -1.65. The third-order valence-electron chi connectivity index (χ3n) is 5.09. The van der Waals surface area contributed by atoms with Crippen LogP contribution in [-0.4, -0.2) is 20.9 Å². The van der Waals surface area contributed by atoms with E-state index in [0.717, 1.165) is 24.3 Å². The zero-order valence-electron chi connectivity index (χ0n) is 15.5. The molecule has 0 heterocycles. The van der Waals surface area contributed by atoms with Crippen molar-refractivity contribution in [2.75, 3.05) is 20.9 Å². The number of allylic oxidation sites excluding steroid dienone is 4. The Morgan fingerprint density at radius 2 is 1.28 bits per heavy atom. The highest BCUT2D eigenvalue weighted by Gasteiger charge is 2.43. The van der Waals surface area contributed by atoms with E-state index in [1.165, 1.54) is 16.2 Å². The minimum Gasteiger partial charge on any atom is -0.497 e. The van der Waals surface area contributed by atoms with Crippen LogP contribution in [0.1, 0.15) is 19.8 Å². The second-order valence-electron chi connectivity index (χ2n) is 6.47. The molecule has 3 heteroatoms. The van der Waals surface area contributed by atoms with Gasteiger partial charge >= 0.3 is 0 Å². The van der Waals surface area contributed by atoms with Crippen molar-refractivity contribution < 1.29 is 9.47 Å². The summed E-state index contributed by atoms with van der Waals surface area (Å²) in [4.78, 5) is 0. The monoisotopic (exact) mass is 353 g/mol. The first-order valence-corrected chi connectivity index (χ1v) is 10.9. The van der Waals surface area contributed by atoms with E-state index >= 15 is 0 Å². The van der Waals surface area contributed by atoms with E-state index < -0.39 is 7.26 Å². The third-order valence-corrected chi connectivity index (χ3v) is 9.41. The van der Waals surface area contributed by atoms with Gasteiger partial charge in [0.15, 0.2) is 0 Å². The first-order chi connectivity index (χ1) is 12.1. The van der Waals surface area contributed by atoms with Crippen LogP contribution in [0.5, 0.6) is 11.5 Å². The molecule has 0 radical (unpaired) electrons. The normalized spacial score (nSPS) is 14.6. The number of rotatable bonds is 5. The molecule has 0 saturated carbocycles. The molecule has 3 rings (SSSR count). The largest absolute Gasteiger partial charge is 0.497 e. The van der Waals surface area contributed by atoms with Crippen LogP contribution in [0.15, 0.2) is 71.6 Å². The molecule has 0 bridgehead atoms. The van der Waals surface area contributed by atoms with Crippen LogP contribution in [0.25, 0.3) is 0 Å². The highest BCUT2D eigenvalue weighted by Crippen LogP contribution is 2.63. The summed E-state index contributed by atoms with van der Waals surface area (Å²) in [5.74, 6) is 1.80. The Hall–Kier alpha value is -2.05. The van der Waals surface area contributed by atoms with Gasteiger partial charge in [0.2, 0.25) is 0 Å². The van der Waals surface area contributed by atoms with Crippen molar-refractivity contribution in [2.24, 2.45) is 0 Å². The van der Waals surface area contributed by atoms with Crippen molar-refractivity contribution in [3.8, 4) is 11.5 Å². The van der Waals surface area contributed by atoms with E-state index in [1.54, 1.807) is 19.5 Å². The number of hydrogen-bond donors (Lipinski definition) is 0. The van der Waals surface area contributed by atoms with Crippen molar-refractivity contribution in [1.82, 2.24) is 0 Å². The fraction of sp³-hybridized carbons (Fsp3) is 0.273. The van der Waals surface area contributed by atoms with Gasteiger partial charge in [-0.15, -0.1) is 0 Å². The summed E-state index contributed by atoms with van der Waals surface area (Å²) < 4.78 is 10.7. The molecule has 1 aliphatic carbocycles. The van der Waals surface area contributed by atoms with E-state index in [2.05, 4.69) is 74.3 Å². The lowest BCUT2D eigenvalue weighted by Crippen LogP contribution is -2.24. The first kappa shape index (κ1) is 17.8. The Morgan fingerprint density at radius 3 is 1.68 bits per heavy atom. The molecule has 0 atom stereocenters. The van der Waals surface area contributed by atoms with Crippen molar-refractivity contribution in [2.45, 2.75) is 19.8 Å². The Labute approximate surface area is 151 Å². The molecule has 0 saturated heterocycles. The summed E-state index contributed by atoms with van der Waals surface area (Å²) in [6.07, 6.45) is 6.81. The van der Waals surface area contributed by atoms with E-state index in [-0.39, 0.29) is 0 Å². The van der Waals surface area contributed by atoms with Crippen molar-refractivity contribution in [3.63, 3.8) is 0 Å². The Bertz CT molecular complexity index is 738. The second kappa shape index (κ2) is 7.45. The summed E-state index contributed by atoms with van der Waals surface area (Å²) in [6.45, 7) is 4.69. The van der Waals surface area contributed by atoms with Gasteiger partial charge in [0.05, 0.1) is 26.2 Å². The molecule has 0 fully saturated rings. The van der Waals surface area contributed by atoms with Gasteiger partial charge in [-0.25, -0.2) is 0 Å². The van der Waals surface area contributed by atoms with E-state index in [1.807, 2.05) is 0 Å². The van der Waals surface area contributed by atoms with Gasteiger partial charge in [-0.3, -0.25) is 0 Å². The first-order valence-electron chi connectivity index (χ1n) is 8.62. The molecule has 2 aromatic rings. The molecule has 0 N–H and O–H groups in total. The van der Waals surface area contributed by atoms with Crippen LogP contribution < -0.4 is 20.1 Å². The lowest BCUT2D eigenvalue weighted by Gasteiger charge is -2.28. The molecule has 0 aliphatic heterocycles. The maximum Gasteiger partial charge on any atom is 0.119 e. The molecule has 2 nitrogen and oxygen atoms in total. The molecule has 0 spiro atoms. The van der Waals surface area contributed by atoms with Gasteiger partial charge in [-0.2, -0.15) is 0 Å². The quantitative estimate of drug-likeness (QED) is 0.710. The predicted molar refractivity (Wildman–Crippen MR) is 109 cm³/mol. The summed E-state index contributed by atoms with van der Waals surface area (Å²) in [5, 5.41) is 4.37. The molecule has 2 aromatic carbocycles. The summed E-state index contributed by atoms with van der Waals surface area (Å²) in [6, 6.07) is 17.2. The third kappa shape index (κ3) is 3.37. The summed E-state index contributed by atoms with van der Waals surface area (Å²) >= 11 is 0. The SMILES string of the molecule is COc1ccc([P+](C)(C2=C(C)C=CCC2)c2ccc(OC)cc2)cc1. The maximum atomic E-state index is 5.36. The van der Waals surface area contributed by atoms with E-state index in [4.69, 9.17) is 9.47 Å². The number of hydrogen-bond acceptors (Lipinski definition) is 2. The lowest BCUT2D eigenvalue weighted by atomic mass is 10.1. The number of benzene rings is 2. The van der Waals surface area contributed by atoms with Crippen molar-refractivity contribution >= 4 is 17.9 Å². The van der Waals surface area contributed by atoms with Gasteiger partial charge in [-0.1, -0.05) is 12.2 Å². The Morgan fingerprint density at radius 1 is 0.800 bits per heavy atom. The fourth-order valence-electron chi connectivity index (χ4n) is 3.57. The Balaban J connectivity index is 2.17. The molecule has 1 aliphatic rings. The van der Waals surface area contributed by atoms with Gasteiger partial charge in [0.25, 0.3) is 0 Å². The average molecular weight is 353 g/mol. The Kier molecular flexibility index (Phi) is 5.30. The van der Waals surface area contributed by atoms with Crippen LogP contribution in [0, 0.1) is 0 Å². The smallest absolute Gasteiger partial charge is 0.119 e. The van der Waals surface area contributed by atoms with Crippen molar-refractivity contribution in [3.05, 3.63) is 71.6 Å². The molecule has 0 amide bonds. The van der Waals surface area contributed by atoms with Gasteiger partial charge < -0.3 is 9.47 Å². The molecule has 25 heavy (non-hydrogen) atoms.